The maximum absolute atomic E-state index is 13.5. The number of aliphatic carboxylic acids is 1. The molecular formula is C15H13F8O5-. The fraction of sp³-hybridized carbons (Fsp3) is 0.533. The number of halogens is 8. The third kappa shape index (κ3) is 5.44. The van der Waals surface area contributed by atoms with Gasteiger partial charge in [-0.2, -0.15) is 35.1 Å². The third-order valence-electron chi connectivity index (χ3n) is 3.20. The molecule has 0 amide bonds. The number of benzene rings is 1. The van der Waals surface area contributed by atoms with Gasteiger partial charge in [0.05, 0.1) is 6.61 Å². The van der Waals surface area contributed by atoms with Crippen LogP contribution in [0.15, 0.2) is 24.3 Å². The lowest BCUT2D eigenvalue weighted by atomic mass is 10.1. The Kier molecular flexibility index (Phi) is 7.23. The average molecular weight is 425 g/mol. The van der Waals surface area contributed by atoms with Crippen molar-refractivity contribution in [3.63, 3.8) is 0 Å². The van der Waals surface area contributed by atoms with Crippen molar-refractivity contribution in [3.05, 3.63) is 29.8 Å². The molecule has 0 aliphatic carbocycles. The smallest absolute Gasteiger partial charge is 0.441 e. The van der Waals surface area contributed by atoms with Crippen LogP contribution in [-0.4, -0.2) is 50.2 Å². The van der Waals surface area contributed by atoms with E-state index >= 15 is 0 Å². The topological polar surface area (TPSA) is 67.8 Å². The predicted molar refractivity (Wildman–Crippen MR) is 73.4 cm³/mol. The van der Waals surface area contributed by atoms with Gasteiger partial charge in [-0.05, 0) is 17.7 Å². The fourth-order valence-corrected chi connectivity index (χ4v) is 1.77. The van der Waals surface area contributed by atoms with Crippen molar-refractivity contribution in [1.29, 1.82) is 0 Å². The number of alkyl halides is 8. The van der Waals surface area contributed by atoms with E-state index in [4.69, 9.17) is 0 Å². The van der Waals surface area contributed by atoms with E-state index in [-0.39, 0.29) is 5.56 Å². The summed E-state index contributed by atoms with van der Waals surface area (Å²) in [4.78, 5) is 10.1. The van der Waals surface area contributed by atoms with E-state index in [0.717, 1.165) is 24.3 Å². The molecule has 0 aromatic heterocycles. The maximum Gasteiger partial charge on any atom is 0.441 e. The number of ether oxygens (including phenoxy) is 3. The largest absolute Gasteiger partial charge is 0.541 e. The van der Waals surface area contributed by atoms with Crippen LogP contribution in [0, 0.1) is 0 Å². The second kappa shape index (κ2) is 8.47. The lowest BCUT2D eigenvalue weighted by Gasteiger charge is -2.32. The minimum Gasteiger partial charge on any atom is -0.541 e. The van der Waals surface area contributed by atoms with Crippen LogP contribution in [0.5, 0.6) is 5.75 Å². The van der Waals surface area contributed by atoms with Crippen molar-refractivity contribution < 1.29 is 59.2 Å². The monoisotopic (exact) mass is 425 g/mol. The molecule has 1 rings (SSSR count). The minimum atomic E-state index is -5.76. The molecule has 1 aromatic carbocycles. The summed E-state index contributed by atoms with van der Waals surface area (Å²) in [6.07, 6.45) is -4.63. The molecule has 0 radical (unpaired) electrons. The first kappa shape index (κ1) is 23.9. The number of carbonyl (C=O) groups excluding carboxylic acids is 1. The molecule has 0 unspecified atom stereocenters. The Morgan fingerprint density at radius 3 is 1.89 bits per heavy atom. The highest BCUT2D eigenvalue weighted by molar-refractivity contribution is 5.71. The molecule has 0 saturated carbocycles. The first-order valence-electron chi connectivity index (χ1n) is 7.23. The zero-order chi connectivity index (χ0) is 21.8. The first-order chi connectivity index (χ1) is 12.7. The molecular weight excluding hydrogens is 412 g/mol. The van der Waals surface area contributed by atoms with Gasteiger partial charge in [0.2, 0.25) is 0 Å². The van der Waals surface area contributed by atoms with Crippen LogP contribution < -0.4 is 9.84 Å². The molecule has 160 valence electrons. The van der Waals surface area contributed by atoms with Crippen molar-refractivity contribution in [1.82, 2.24) is 0 Å². The highest BCUT2D eigenvalue weighted by atomic mass is 19.3. The number of carboxylic acid groups (broad SMARTS) is 1. The van der Waals surface area contributed by atoms with Gasteiger partial charge in [-0.3, -0.25) is 0 Å². The summed E-state index contributed by atoms with van der Waals surface area (Å²) in [5.41, 5.74) is -0.00751. The molecule has 0 bridgehead atoms. The molecule has 5 nitrogen and oxygen atoms in total. The van der Waals surface area contributed by atoms with Crippen LogP contribution in [0.4, 0.5) is 35.1 Å². The van der Waals surface area contributed by atoms with Crippen LogP contribution in [0.1, 0.15) is 5.56 Å². The van der Waals surface area contributed by atoms with Crippen molar-refractivity contribution in [2.75, 3.05) is 20.3 Å². The van der Waals surface area contributed by atoms with Crippen LogP contribution in [0.25, 0.3) is 0 Å². The zero-order valence-corrected chi connectivity index (χ0v) is 14.0. The number of hydrogen-bond acceptors (Lipinski definition) is 5. The Labute approximate surface area is 152 Å². The Morgan fingerprint density at radius 2 is 1.43 bits per heavy atom. The van der Waals surface area contributed by atoms with Gasteiger partial charge in [-0.1, -0.05) is 12.1 Å². The van der Waals surface area contributed by atoms with Crippen molar-refractivity contribution in [2.24, 2.45) is 0 Å². The van der Waals surface area contributed by atoms with Gasteiger partial charge < -0.3 is 24.1 Å². The zero-order valence-electron chi connectivity index (χ0n) is 14.0. The molecule has 13 heteroatoms. The highest BCUT2D eigenvalue weighted by Gasteiger charge is 2.71. The van der Waals surface area contributed by atoms with E-state index in [2.05, 4.69) is 14.2 Å². The van der Waals surface area contributed by atoms with Gasteiger partial charge in [0.15, 0.2) is 5.97 Å². The van der Waals surface area contributed by atoms with Gasteiger partial charge in [0.1, 0.15) is 19.0 Å². The third-order valence-corrected chi connectivity index (χ3v) is 3.20. The quantitative estimate of drug-likeness (QED) is 0.510. The summed E-state index contributed by atoms with van der Waals surface area (Å²) < 4.78 is 118. The highest BCUT2D eigenvalue weighted by Crippen LogP contribution is 2.46. The summed E-state index contributed by atoms with van der Waals surface area (Å²) in [6, 6.07) is 3.57. The molecule has 0 aliphatic rings. The van der Waals surface area contributed by atoms with E-state index in [9.17, 15) is 45.0 Å². The Morgan fingerprint density at radius 1 is 0.929 bits per heavy atom. The standard InChI is InChI=1S/C15H14F8O5/c1-26-7-12(16,17)15(22,23)13(18,19)8-27-6-9-2-4-10(5-3-9)28-14(20,21)11(24)25/h2-5H,6-8H2,1H3,(H,24,25)/p-1. The van der Waals surface area contributed by atoms with Gasteiger partial charge >= 0.3 is 23.9 Å². The van der Waals surface area contributed by atoms with Crippen LogP contribution in [-0.2, 0) is 20.9 Å². The molecule has 0 saturated heterocycles. The minimum absolute atomic E-state index is 0.00751. The molecule has 0 heterocycles. The summed E-state index contributed by atoms with van der Waals surface area (Å²) in [6.45, 7) is -4.77. The van der Waals surface area contributed by atoms with Crippen LogP contribution in [0.2, 0.25) is 0 Å². The lowest BCUT2D eigenvalue weighted by molar-refractivity contribution is -0.350. The number of carboxylic acids is 1. The molecule has 1 aromatic rings. The fourth-order valence-electron chi connectivity index (χ4n) is 1.77. The summed E-state index contributed by atoms with van der Waals surface area (Å²) >= 11 is 0. The summed E-state index contributed by atoms with van der Waals surface area (Å²) in [5, 5.41) is 10.1. The molecule has 0 aliphatic heterocycles. The van der Waals surface area contributed by atoms with Gasteiger partial charge in [-0.25, -0.2) is 0 Å². The first-order valence-corrected chi connectivity index (χ1v) is 7.23. The van der Waals surface area contributed by atoms with E-state index < -0.39 is 55.4 Å². The summed E-state index contributed by atoms with van der Waals surface area (Å²) in [5.74, 6) is -19.6. The number of hydrogen-bond donors (Lipinski definition) is 0. The second-order valence-electron chi connectivity index (χ2n) is 5.46. The van der Waals surface area contributed by atoms with E-state index in [1.807, 2.05) is 0 Å². The second-order valence-corrected chi connectivity index (χ2v) is 5.46. The lowest BCUT2D eigenvalue weighted by Crippen LogP contribution is -2.57. The molecule has 28 heavy (non-hydrogen) atoms. The van der Waals surface area contributed by atoms with Crippen molar-refractivity contribution >= 4 is 5.97 Å². The number of methoxy groups -OCH3 is 1. The van der Waals surface area contributed by atoms with E-state index in [1.165, 1.54) is 0 Å². The van der Waals surface area contributed by atoms with Gasteiger partial charge in [0, 0.05) is 7.11 Å². The average Bonchev–Trinajstić information content (AvgIpc) is 2.55. The molecule has 0 spiro atoms. The summed E-state index contributed by atoms with van der Waals surface area (Å²) in [7, 11) is 0.634. The van der Waals surface area contributed by atoms with Crippen molar-refractivity contribution in [3.8, 4) is 5.75 Å². The predicted octanol–water partition coefficient (Wildman–Crippen LogP) is 2.48. The Bertz CT molecular complexity index is 663. The van der Waals surface area contributed by atoms with Gasteiger partial charge in [0.25, 0.3) is 0 Å². The molecule has 0 fully saturated rings. The SMILES string of the molecule is COCC(F)(F)C(F)(F)C(F)(F)COCc1ccc(OC(F)(F)C(=O)[O-])cc1. The van der Waals surface area contributed by atoms with E-state index in [1.54, 1.807) is 0 Å². The van der Waals surface area contributed by atoms with Crippen molar-refractivity contribution in [2.45, 2.75) is 30.5 Å². The number of carbonyl (C=O) groups is 1. The van der Waals surface area contributed by atoms with E-state index in [0.29, 0.717) is 7.11 Å². The van der Waals surface area contributed by atoms with Gasteiger partial charge in [-0.15, -0.1) is 0 Å². The molecule has 0 N–H and O–H groups in total. The maximum atomic E-state index is 13.5. The van der Waals surface area contributed by atoms with Crippen LogP contribution >= 0.6 is 0 Å². The van der Waals surface area contributed by atoms with Crippen LogP contribution in [0.3, 0.4) is 0 Å². The normalized spacial score (nSPS) is 13.5. The Hall–Kier alpha value is -2.15. The molecule has 0 atom stereocenters. The number of rotatable bonds is 11. The Balaban J connectivity index is 2.69.